The third-order valence-electron chi connectivity index (χ3n) is 4.17. The number of nitrogens with zero attached hydrogens (tertiary/aromatic N) is 1. The summed E-state index contributed by atoms with van der Waals surface area (Å²) in [6, 6.07) is 15.0. The lowest BCUT2D eigenvalue weighted by Crippen LogP contribution is -2.41. The SMILES string of the molecule is CCNC(=O)c1ccc(CNC(=NC)NCC(C)Oc2cccc(OC)c2)cc1.I. The third kappa shape index (κ3) is 8.48. The largest absolute Gasteiger partial charge is 0.497 e. The standard InChI is InChI=1S/C22H30N4O3.HI/c1-5-24-21(27)18-11-9-17(10-12-18)15-26-22(23-3)25-14-16(2)29-20-8-6-7-19(13-20)28-4;/h6-13,16H,5,14-15H2,1-4H3,(H,24,27)(H2,23,25,26);1H. The van der Waals surface area contributed by atoms with Gasteiger partial charge >= 0.3 is 0 Å². The zero-order valence-corrected chi connectivity index (χ0v) is 20.2. The molecule has 2 rings (SSSR count). The first-order chi connectivity index (χ1) is 14.0. The number of halogens is 1. The quantitative estimate of drug-likeness (QED) is 0.266. The van der Waals surface area contributed by atoms with Crippen molar-refractivity contribution in [1.82, 2.24) is 16.0 Å². The summed E-state index contributed by atoms with van der Waals surface area (Å²) in [5.74, 6) is 2.14. The molecule has 3 N–H and O–H groups in total. The number of methoxy groups -OCH3 is 1. The minimum Gasteiger partial charge on any atom is -0.497 e. The number of benzene rings is 2. The normalized spacial score (nSPS) is 11.7. The van der Waals surface area contributed by atoms with Gasteiger partial charge in [-0.15, -0.1) is 24.0 Å². The van der Waals surface area contributed by atoms with E-state index in [1.54, 1.807) is 14.2 Å². The number of aliphatic imine (C=N–C) groups is 1. The molecule has 2 aromatic rings. The molecule has 0 saturated carbocycles. The van der Waals surface area contributed by atoms with Crippen LogP contribution < -0.4 is 25.4 Å². The van der Waals surface area contributed by atoms with E-state index < -0.39 is 0 Å². The van der Waals surface area contributed by atoms with E-state index in [1.807, 2.05) is 62.4 Å². The van der Waals surface area contributed by atoms with E-state index in [0.717, 1.165) is 17.1 Å². The second-order valence-electron chi connectivity index (χ2n) is 6.47. The first-order valence-electron chi connectivity index (χ1n) is 9.68. The summed E-state index contributed by atoms with van der Waals surface area (Å²) in [7, 11) is 3.36. The summed E-state index contributed by atoms with van der Waals surface area (Å²) in [6.07, 6.45) is -0.0583. The first-order valence-corrected chi connectivity index (χ1v) is 9.68. The van der Waals surface area contributed by atoms with Crippen LogP contribution in [-0.2, 0) is 6.54 Å². The van der Waals surface area contributed by atoms with Crippen molar-refractivity contribution in [2.24, 2.45) is 4.99 Å². The summed E-state index contributed by atoms with van der Waals surface area (Å²) in [5.41, 5.74) is 1.71. The molecule has 30 heavy (non-hydrogen) atoms. The van der Waals surface area contributed by atoms with E-state index in [0.29, 0.717) is 31.2 Å². The van der Waals surface area contributed by atoms with E-state index in [9.17, 15) is 4.79 Å². The van der Waals surface area contributed by atoms with Gasteiger partial charge in [-0.3, -0.25) is 9.79 Å². The van der Waals surface area contributed by atoms with Crippen LogP contribution in [0.15, 0.2) is 53.5 Å². The van der Waals surface area contributed by atoms with Crippen molar-refractivity contribution in [3.8, 4) is 11.5 Å². The molecule has 1 amide bonds. The molecular weight excluding hydrogens is 495 g/mol. The Morgan fingerprint density at radius 2 is 1.77 bits per heavy atom. The molecule has 7 nitrogen and oxygen atoms in total. The maximum Gasteiger partial charge on any atom is 0.251 e. The van der Waals surface area contributed by atoms with Crippen molar-refractivity contribution in [2.45, 2.75) is 26.5 Å². The second-order valence-corrected chi connectivity index (χ2v) is 6.47. The number of carbonyl (C=O) groups is 1. The molecule has 0 aliphatic carbocycles. The van der Waals surface area contributed by atoms with Crippen molar-refractivity contribution in [1.29, 1.82) is 0 Å². The molecule has 1 unspecified atom stereocenters. The number of carbonyl (C=O) groups excluding carboxylic acids is 1. The number of guanidine groups is 1. The minimum atomic E-state index is -0.0606. The fourth-order valence-corrected chi connectivity index (χ4v) is 2.63. The van der Waals surface area contributed by atoms with Gasteiger partial charge in [0.05, 0.1) is 13.7 Å². The van der Waals surface area contributed by atoms with Crippen molar-refractivity contribution in [2.75, 3.05) is 27.2 Å². The Hall–Kier alpha value is -2.49. The van der Waals surface area contributed by atoms with Crippen LogP contribution in [0.3, 0.4) is 0 Å². The van der Waals surface area contributed by atoms with Crippen LogP contribution in [0.4, 0.5) is 0 Å². The average molecular weight is 526 g/mol. The second kappa shape index (κ2) is 13.7. The maximum absolute atomic E-state index is 11.8. The molecule has 0 aromatic heterocycles. The Labute approximate surface area is 195 Å². The smallest absolute Gasteiger partial charge is 0.251 e. The van der Waals surface area contributed by atoms with Crippen molar-refractivity contribution in [3.05, 3.63) is 59.7 Å². The zero-order chi connectivity index (χ0) is 21.1. The van der Waals surface area contributed by atoms with Gasteiger partial charge < -0.3 is 25.4 Å². The highest BCUT2D eigenvalue weighted by Gasteiger charge is 2.07. The zero-order valence-electron chi connectivity index (χ0n) is 17.9. The summed E-state index contributed by atoms with van der Waals surface area (Å²) in [4.78, 5) is 16.0. The van der Waals surface area contributed by atoms with Gasteiger partial charge in [-0.1, -0.05) is 18.2 Å². The fourth-order valence-electron chi connectivity index (χ4n) is 2.63. The highest BCUT2D eigenvalue weighted by molar-refractivity contribution is 14.0. The lowest BCUT2D eigenvalue weighted by molar-refractivity contribution is 0.0956. The van der Waals surface area contributed by atoms with Crippen LogP contribution in [0.2, 0.25) is 0 Å². The van der Waals surface area contributed by atoms with Gasteiger partial charge in [-0.05, 0) is 43.7 Å². The molecule has 1 atom stereocenters. The number of hydrogen-bond acceptors (Lipinski definition) is 4. The predicted octanol–water partition coefficient (Wildman–Crippen LogP) is 3.20. The Morgan fingerprint density at radius 3 is 2.40 bits per heavy atom. The molecule has 8 heteroatoms. The number of hydrogen-bond donors (Lipinski definition) is 3. The topological polar surface area (TPSA) is 84.0 Å². The predicted molar refractivity (Wildman–Crippen MR) is 131 cm³/mol. The van der Waals surface area contributed by atoms with Crippen LogP contribution in [-0.4, -0.2) is 45.2 Å². The van der Waals surface area contributed by atoms with Gasteiger partial charge in [-0.25, -0.2) is 0 Å². The van der Waals surface area contributed by atoms with E-state index in [2.05, 4.69) is 20.9 Å². The molecule has 0 bridgehead atoms. The van der Waals surface area contributed by atoms with Gasteiger partial charge in [0.1, 0.15) is 17.6 Å². The van der Waals surface area contributed by atoms with Crippen LogP contribution in [0, 0.1) is 0 Å². The van der Waals surface area contributed by atoms with Crippen LogP contribution >= 0.6 is 24.0 Å². The third-order valence-corrected chi connectivity index (χ3v) is 4.17. The molecule has 164 valence electrons. The molecule has 0 fully saturated rings. The average Bonchev–Trinajstić information content (AvgIpc) is 2.74. The molecule has 0 heterocycles. The van der Waals surface area contributed by atoms with Crippen LogP contribution in [0.25, 0.3) is 0 Å². The monoisotopic (exact) mass is 526 g/mol. The first kappa shape index (κ1) is 25.5. The van der Waals surface area contributed by atoms with Gasteiger partial charge in [0.15, 0.2) is 5.96 Å². The van der Waals surface area contributed by atoms with Gasteiger partial charge in [-0.2, -0.15) is 0 Å². The molecule has 0 aliphatic rings. The lowest BCUT2D eigenvalue weighted by Gasteiger charge is -2.18. The number of nitrogens with one attached hydrogen (secondary N) is 3. The summed E-state index contributed by atoms with van der Waals surface area (Å²) in [5, 5.41) is 9.30. The summed E-state index contributed by atoms with van der Waals surface area (Å²) >= 11 is 0. The summed E-state index contributed by atoms with van der Waals surface area (Å²) in [6.45, 7) is 5.69. The summed E-state index contributed by atoms with van der Waals surface area (Å²) < 4.78 is 11.1. The number of ether oxygens (including phenoxy) is 2. The van der Waals surface area contributed by atoms with Crippen LogP contribution in [0.1, 0.15) is 29.8 Å². The minimum absolute atomic E-state index is 0. The molecule has 2 aromatic carbocycles. The lowest BCUT2D eigenvalue weighted by atomic mass is 10.1. The Bertz CT molecular complexity index is 812. The van der Waals surface area contributed by atoms with E-state index >= 15 is 0 Å². The number of rotatable bonds is 9. The molecule has 0 radical (unpaired) electrons. The molecule has 0 saturated heterocycles. The Kier molecular flexibility index (Phi) is 11.7. The molecule has 0 aliphatic heterocycles. The maximum atomic E-state index is 11.8. The molecular formula is C22H31IN4O3. The Morgan fingerprint density at radius 1 is 1.07 bits per heavy atom. The van der Waals surface area contributed by atoms with Crippen molar-refractivity contribution >= 4 is 35.8 Å². The van der Waals surface area contributed by atoms with Crippen molar-refractivity contribution in [3.63, 3.8) is 0 Å². The van der Waals surface area contributed by atoms with Crippen molar-refractivity contribution < 1.29 is 14.3 Å². The highest BCUT2D eigenvalue weighted by atomic mass is 127. The highest BCUT2D eigenvalue weighted by Crippen LogP contribution is 2.19. The van der Waals surface area contributed by atoms with Gasteiger partial charge in [0.25, 0.3) is 5.91 Å². The van der Waals surface area contributed by atoms with E-state index in [4.69, 9.17) is 9.47 Å². The molecule has 0 spiro atoms. The van der Waals surface area contributed by atoms with E-state index in [-0.39, 0.29) is 36.0 Å². The Balaban J connectivity index is 0.00000450. The van der Waals surface area contributed by atoms with Gasteiger partial charge in [0.2, 0.25) is 0 Å². The van der Waals surface area contributed by atoms with E-state index in [1.165, 1.54) is 0 Å². The van der Waals surface area contributed by atoms with Gasteiger partial charge in [0, 0.05) is 31.8 Å². The fraction of sp³-hybridized carbons (Fsp3) is 0.364. The van der Waals surface area contributed by atoms with Crippen LogP contribution in [0.5, 0.6) is 11.5 Å². The number of amides is 1.